The molecular formula is C13H16N2O2. The molecule has 4 heteroatoms. The summed E-state index contributed by atoms with van der Waals surface area (Å²) in [5, 5.41) is 2.84. The van der Waals surface area contributed by atoms with Crippen LogP contribution in [0.1, 0.15) is 18.4 Å². The molecule has 0 radical (unpaired) electrons. The molecule has 2 amide bonds. The molecule has 0 aliphatic carbocycles. The van der Waals surface area contributed by atoms with Gasteiger partial charge in [0.05, 0.1) is 0 Å². The number of rotatable bonds is 1. The van der Waals surface area contributed by atoms with Gasteiger partial charge in [0.25, 0.3) is 0 Å². The Morgan fingerprint density at radius 3 is 2.65 bits per heavy atom. The van der Waals surface area contributed by atoms with Crippen molar-refractivity contribution in [3.63, 3.8) is 0 Å². The molecule has 1 aliphatic rings. The number of hydrogen-bond donors (Lipinski definition) is 1. The summed E-state index contributed by atoms with van der Waals surface area (Å²) in [5.41, 5.74) is 1.91. The van der Waals surface area contributed by atoms with Gasteiger partial charge in [-0.2, -0.15) is 0 Å². The van der Waals surface area contributed by atoms with Crippen molar-refractivity contribution in [1.82, 2.24) is 4.90 Å². The first-order valence-electron chi connectivity index (χ1n) is 5.79. The third kappa shape index (κ3) is 3.06. The molecule has 0 spiro atoms. The number of carbonyl (C=O) groups excluding carboxylic acids is 2. The van der Waals surface area contributed by atoms with E-state index in [9.17, 15) is 9.59 Å². The van der Waals surface area contributed by atoms with Gasteiger partial charge in [0.2, 0.25) is 0 Å². The van der Waals surface area contributed by atoms with E-state index in [4.69, 9.17) is 0 Å². The van der Waals surface area contributed by atoms with Crippen molar-refractivity contribution < 1.29 is 9.59 Å². The van der Waals surface area contributed by atoms with Crippen LogP contribution in [0.25, 0.3) is 0 Å². The average Bonchev–Trinajstić information content (AvgIpc) is 2.29. The SMILES string of the molecule is Cc1cccc(NC(=O)N2CCC(=O)CC2)c1. The minimum atomic E-state index is -0.122. The van der Waals surface area contributed by atoms with Crippen LogP contribution in [0.3, 0.4) is 0 Å². The Balaban J connectivity index is 1.95. The van der Waals surface area contributed by atoms with Gasteiger partial charge in [-0.05, 0) is 24.6 Å². The summed E-state index contributed by atoms with van der Waals surface area (Å²) < 4.78 is 0. The third-order valence-electron chi connectivity index (χ3n) is 2.88. The molecule has 1 fully saturated rings. The van der Waals surface area contributed by atoms with Gasteiger partial charge in [-0.3, -0.25) is 4.79 Å². The number of anilines is 1. The maximum atomic E-state index is 11.9. The van der Waals surface area contributed by atoms with E-state index in [1.807, 2.05) is 31.2 Å². The van der Waals surface area contributed by atoms with Gasteiger partial charge in [0, 0.05) is 31.6 Å². The molecule has 1 N–H and O–H groups in total. The minimum Gasteiger partial charge on any atom is -0.324 e. The molecule has 4 nitrogen and oxygen atoms in total. The summed E-state index contributed by atoms with van der Waals surface area (Å²) in [4.78, 5) is 24.6. The highest BCUT2D eigenvalue weighted by Crippen LogP contribution is 2.12. The Morgan fingerprint density at radius 2 is 2.00 bits per heavy atom. The number of hydrogen-bond acceptors (Lipinski definition) is 2. The maximum absolute atomic E-state index is 11.9. The lowest BCUT2D eigenvalue weighted by Gasteiger charge is -2.26. The normalized spacial score (nSPS) is 15.8. The van der Waals surface area contributed by atoms with Crippen LogP contribution in [0.4, 0.5) is 10.5 Å². The Kier molecular flexibility index (Phi) is 3.42. The van der Waals surface area contributed by atoms with E-state index >= 15 is 0 Å². The van der Waals surface area contributed by atoms with E-state index in [2.05, 4.69) is 5.32 Å². The zero-order chi connectivity index (χ0) is 12.3. The molecule has 0 aromatic heterocycles. The predicted octanol–water partition coefficient (Wildman–Crippen LogP) is 2.19. The number of amides is 2. The van der Waals surface area contributed by atoms with Crippen LogP contribution in [0.15, 0.2) is 24.3 Å². The van der Waals surface area contributed by atoms with Gasteiger partial charge in [-0.25, -0.2) is 4.79 Å². The topological polar surface area (TPSA) is 49.4 Å². The van der Waals surface area contributed by atoms with Crippen molar-refractivity contribution in [3.05, 3.63) is 29.8 Å². The first-order valence-corrected chi connectivity index (χ1v) is 5.79. The second-order valence-corrected chi connectivity index (χ2v) is 4.33. The molecule has 1 aliphatic heterocycles. The summed E-state index contributed by atoms with van der Waals surface area (Å²) in [7, 11) is 0. The molecule has 0 saturated carbocycles. The number of aryl methyl sites for hydroxylation is 1. The number of urea groups is 1. The Hall–Kier alpha value is -1.84. The molecule has 1 aromatic carbocycles. The van der Waals surface area contributed by atoms with E-state index in [1.54, 1.807) is 4.90 Å². The lowest BCUT2D eigenvalue weighted by Crippen LogP contribution is -2.41. The van der Waals surface area contributed by atoms with Gasteiger partial charge in [-0.1, -0.05) is 12.1 Å². The molecule has 2 rings (SSSR count). The Bertz CT molecular complexity index is 433. The smallest absolute Gasteiger partial charge is 0.321 e. The Morgan fingerprint density at radius 1 is 1.29 bits per heavy atom. The molecule has 1 aromatic rings. The summed E-state index contributed by atoms with van der Waals surface area (Å²) in [6, 6.07) is 7.55. The predicted molar refractivity (Wildman–Crippen MR) is 66.0 cm³/mol. The fraction of sp³-hybridized carbons (Fsp3) is 0.385. The van der Waals surface area contributed by atoms with Gasteiger partial charge < -0.3 is 10.2 Å². The van der Waals surface area contributed by atoms with Crippen LogP contribution in [-0.2, 0) is 4.79 Å². The van der Waals surface area contributed by atoms with Crippen LogP contribution in [-0.4, -0.2) is 29.8 Å². The summed E-state index contributed by atoms with van der Waals surface area (Å²) in [5.74, 6) is 0.240. The molecular weight excluding hydrogens is 216 g/mol. The zero-order valence-electron chi connectivity index (χ0n) is 9.90. The number of carbonyl (C=O) groups is 2. The molecule has 0 unspecified atom stereocenters. The highest BCUT2D eigenvalue weighted by atomic mass is 16.2. The number of ketones is 1. The van der Waals surface area contributed by atoms with Crippen molar-refractivity contribution >= 4 is 17.5 Å². The zero-order valence-corrected chi connectivity index (χ0v) is 9.90. The molecule has 0 atom stereocenters. The van der Waals surface area contributed by atoms with Gasteiger partial charge >= 0.3 is 6.03 Å². The number of nitrogens with one attached hydrogen (secondary N) is 1. The van der Waals surface area contributed by atoms with Crippen molar-refractivity contribution in [2.45, 2.75) is 19.8 Å². The molecule has 17 heavy (non-hydrogen) atoms. The van der Waals surface area contributed by atoms with E-state index in [0.717, 1.165) is 11.3 Å². The Labute approximate surface area is 101 Å². The maximum Gasteiger partial charge on any atom is 0.321 e. The molecule has 90 valence electrons. The number of nitrogens with zero attached hydrogens (tertiary/aromatic N) is 1. The quantitative estimate of drug-likeness (QED) is 0.806. The third-order valence-corrected chi connectivity index (χ3v) is 2.88. The first-order chi connectivity index (χ1) is 8.15. The monoisotopic (exact) mass is 232 g/mol. The molecule has 0 bridgehead atoms. The highest BCUT2D eigenvalue weighted by molar-refractivity contribution is 5.91. The number of Topliss-reactive ketones (excluding diaryl/α,β-unsaturated/α-hetero) is 1. The number of piperidine rings is 1. The van der Waals surface area contributed by atoms with Gasteiger partial charge in [0.15, 0.2) is 0 Å². The second kappa shape index (κ2) is 4.99. The minimum absolute atomic E-state index is 0.122. The summed E-state index contributed by atoms with van der Waals surface area (Å²) >= 11 is 0. The van der Waals surface area contributed by atoms with Crippen LogP contribution in [0, 0.1) is 6.92 Å². The second-order valence-electron chi connectivity index (χ2n) is 4.33. The lowest BCUT2D eigenvalue weighted by atomic mass is 10.1. The van der Waals surface area contributed by atoms with E-state index in [1.165, 1.54) is 0 Å². The van der Waals surface area contributed by atoms with E-state index in [-0.39, 0.29) is 11.8 Å². The van der Waals surface area contributed by atoms with Crippen molar-refractivity contribution in [1.29, 1.82) is 0 Å². The van der Waals surface area contributed by atoms with Crippen molar-refractivity contribution in [2.75, 3.05) is 18.4 Å². The number of likely N-dealkylation sites (tertiary alicyclic amines) is 1. The van der Waals surface area contributed by atoms with Crippen LogP contribution >= 0.6 is 0 Å². The fourth-order valence-electron chi connectivity index (χ4n) is 1.88. The van der Waals surface area contributed by atoms with Crippen LogP contribution in [0.2, 0.25) is 0 Å². The van der Waals surface area contributed by atoms with Crippen molar-refractivity contribution in [2.24, 2.45) is 0 Å². The lowest BCUT2D eigenvalue weighted by molar-refractivity contribution is -0.120. The summed E-state index contributed by atoms with van der Waals surface area (Å²) in [6.07, 6.45) is 0.947. The van der Waals surface area contributed by atoms with Crippen LogP contribution in [0.5, 0.6) is 0 Å². The largest absolute Gasteiger partial charge is 0.324 e. The van der Waals surface area contributed by atoms with E-state index in [0.29, 0.717) is 25.9 Å². The van der Waals surface area contributed by atoms with Crippen LogP contribution < -0.4 is 5.32 Å². The van der Waals surface area contributed by atoms with Gasteiger partial charge in [-0.15, -0.1) is 0 Å². The number of benzene rings is 1. The molecule has 1 saturated heterocycles. The standard InChI is InChI=1S/C13H16N2O2/c1-10-3-2-4-11(9-10)14-13(17)15-7-5-12(16)6-8-15/h2-4,9H,5-8H2,1H3,(H,14,17). The fourth-order valence-corrected chi connectivity index (χ4v) is 1.88. The first kappa shape index (κ1) is 11.6. The highest BCUT2D eigenvalue weighted by Gasteiger charge is 2.20. The average molecular weight is 232 g/mol. The van der Waals surface area contributed by atoms with Crippen molar-refractivity contribution in [3.8, 4) is 0 Å². The van der Waals surface area contributed by atoms with Gasteiger partial charge in [0.1, 0.15) is 5.78 Å². The summed E-state index contributed by atoms with van der Waals surface area (Å²) in [6.45, 7) is 3.03. The molecule has 1 heterocycles. The van der Waals surface area contributed by atoms with E-state index < -0.39 is 0 Å².